The van der Waals surface area contributed by atoms with Gasteiger partial charge in [-0.05, 0) is 61.7 Å². The summed E-state index contributed by atoms with van der Waals surface area (Å²) in [5.41, 5.74) is 1.26. The Morgan fingerprint density at radius 3 is 2.06 bits per heavy atom. The quantitative estimate of drug-likeness (QED) is 0.624. The van der Waals surface area contributed by atoms with Gasteiger partial charge in [0, 0.05) is 34.4 Å². The molecule has 0 unspecified atom stereocenters. The van der Waals surface area contributed by atoms with Crippen LogP contribution in [0.1, 0.15) is 29.6 Å². The molecule has 3 amide bonds. The standard InChI is InChI=1S/C22H18Cl3N3O3/c23-14-10-15(24)12-17(11-14)28-21(30)18(25)19(22(28)31)26-16-6-4-13(5-7-16)20(29)27-8-2-1-3-9-27/h4-7,10-12,26H,1-3,8-9H2. The number of rotatable bonds is 4. The molecule has 2 aliphatic heterocycles. The van der Waals surface area contributed by atoms with E-state index in [1.54, 1.807) is 24.3 Å². The van der Waals surface area contributed by atoms with Gasteiger partial charge in [-0.3, -0.25) is 14.4 Å². The van der Waals surface area contributed by atoms with E-state index in [4.69, 9.17) is 34.8 Å². The summed E-state index contributed by atoms with van der Waals surface area (Å²) >= 11 is 18.2. The Bertz CT molecular complexity index is 1070. The number of carbonyl (C=O) groups excluding carboxylic acids is 3. The Kier molecular flexibility index (Phi) is 6.23. The second-order valence-electron chi connectivity index (χ2n) is 7.32. The first-order chi connectivity index (χ1) is 14.8. The number of nitrogens with one attached hydrogen (secondary N) is 1. The Balaban J connectivity index is 1.51. The monoisotopic (exact) mass is 477 g/mol. The highest BCUT2D eigenvalue weighted by molar-refractivity contribution is 6.53. The molecule has 2 heterocycles. The molecule has 31 heavy (non-hydrogen) atoms. The zero-order chi connectivity index (χ0) is 22.1. The summed E-state index contributed by atoms with van der Waals surface area (Å²) in [6.07, 6.45) is 3.18. The van der Waals surface area contributed by atoms with E-state index >= 15 is 0 Å². The predicted molar refractivity (Wildman–Crippen MR) is 122 cm³/mol. The lowest BCUT2D eigenvalue weighted by Gasteiger charge is -2.26. The first-order valence-electron chi connectivity index (χ1n) is 9.76. The number of hydrogen-bond acceptors (Lipinski definition) is 4. The SMILES string of the molecule is O=C(c1ccc(NC2=C(Cl)C(=O)N(c3cc(Cl)cc(Cl)c3)C2=O)cc1)N1CCCCC1. The molecule has 0 aromatic heterocycles. The van der Waals surface area contributed by atoms with Crippen molar-refractivity contribution in [1.82, 2.24) is 4.90 Å². The van der Waals surface area contributed by atoms with Gasteiger partial charge >= 0.3 is 0 Å². The molecule has 0 bridgehead atoms. The molecule has 6 nitrogen and oxygen atoms in total. The molecular weight excluding hydrogens is 461 g/mol. The van der Waals surface area contributed by atoms with Crippen LogP contribution in [0.2, 0.25) is 10.0 Å². The van der Waals surface area contributed by atoms with Crippen molar-refractivity contribution in [2.75, 3.05) is 23.3 Å². The maximum absolute atomic E-state index is 12.9. The van der Waals surface area contributed by atoms with Gasteiger partial charge < -0.3 is 10.2 Å². The fourth-order valence-electron chi connectivity index (χ4n) is 3.63. The molecule has 0 radical (unpaired) electrons. The normalized spacial score (nSPS) is 16.9. The van der Waals surface area contributed by atoms with Crippen LogP contribution in [0.3, 0.4) is 0 Å². The van der Waals surface area contributed by atoms with Crippen LogP contribution in [0.25, 0.3) is 0 Å². The second-order valence-corrected chi connectivity index (χ2v) is 8.57. The van der Waals surface area contributed by atoms with Crippen molar-refractivity contribution in [3.05, 3.63) is 68.8 Å². The van der Waals surface area contributed by atoms with Crippen LogP contribution in [0.15, 0.2) is 53.2 Å². The van der Waals surface area contributed by atoms with E-state index in [9.17, 15) is 14.4 Å². The molecule has 9 heteroatoms. The van der Waals surface area contributed by atoms with Crippen LogP contribution < -0.4 is 10.2 Å². The molecule has 2 aliphatic rings. The number of benzene rings is 2. The lowest BCUT2D eigenvalue weighted by atomic mass is 10.1. The number of anilines is 2. The average molecular weight is 479 g/mol. The van der Waals surface area contributed by atoms with Crippen molar-refractivity contribution >= 4 is 63.9 Å². The molecule has 4 rings (SSSR count). The molecule has 1 fully saturated rings. The van der Waals surface area contributed by atoms with E-state index in [-0.39, 0.29) is 32.4 Å². The highest BCUT2D eigenvalue weighted by Crippen LogP contribution is 2.33. The summed E-state index contributed by atoms with van der Waals surface area (Å²) in [7, 11) is 0. The topological polar surface area (TPSA) is 69.7 Å². The molecule has 0 spiro atoms. The number of likely N-dealkylation sites (tertiary alicyclic amines) is 1. The Morgan fingerprint density at radius 1 is 0.839 bits per heavy atom. The van der Waals surface area contributed by atoms with E-state index in [1.165, 1.54) is 18.2 Å². The van der Waals surface area contributed by atoms with E-state index in [2.05, 4.69) is 5.32 Å². The van der Waals surface area contributed by atoms with Gasteiger partial charge in [0.05, 0.1) is 5.69 Å². The molecule has 1 N–H and O–H groups in total. The molecule has 0 aliphatic carbocycles. The van der Waals surface area contributed by atoms with Gasteiger partial charge in [-0.15, -0.1) is 0 Å². The highest BCUT2D eigenvalue weighted by atomic mass is 35.5. The smallest absolute Gasteiger partial charge is 0.283 e. The lowest BCUT2D eigenvalue weighted by molar-refractivity contribution is -0.120. The Morgan fingerprint density at radius 2 is 1.45 bits per heavy atom. The van der Waals surface area contributed by atoms with E-state index < -0.39 is 11.8 Å². The minimum absolute atomic E-state index is 0.0142. The van der Waals surface area contributed by atoms with Gasteiger partial charge in [0.1, 0.15) is 10.7 Å². The van der Waals surface area contributed by atoms with Gasteiger partial charge in [-0.1, -0.05) is 34.8 Å². The minimum atomic E-state index is -0.676. The first kappa shape index (κ1) is 21.7. The number of nitrogens with zero attached hydrogens (tertiary/aromatic N) is 2. The zero-order valence-corrected chi connectivity index (χ0v) is 18.6. The predicted octanol–water partition coefficient (Wildman–Crippen LogP) is 5.06. The highest BCUT2D eigenvalue weighted by Gasteiger charge is 2.39. The van der Waals surface area contributed by atoms with Gasteiger partial charge in [-0.2, -0.15) is 0 Å². The summed E-state index contributed by atoms with van der Waals surface area (Å²) < 4.78 is 0. The zero-order valence-electron chi connectivity index (χ0n) is 16.3. The number of hydrogen-bond donors (Lipinski definition) is 1. The van der Waals surface area contributed by atoms with Crippen molar-refractivity contribution in [2.24, 2.45) is 0 Å². The molecule has 2 aromatic carbocycles. The van der Waals surface area contributed by atoms with Crippen LogP contribution >= 0.6 is 34.8 Å². The maximum Gasteiger partial charge on any atom is 0.283 e. The van der Waals surface area contributed by atoms with Gasteiger partial charge in [0.25, 0.3) is 17.7 Å². The van der Waals surface area contributed by atoms with Gasteiger partial charge in [0.2, 0.25) is 0 Å². The maximum atomic E-state index is 12.9. The number of amides is 3. The number of piperidine rings is 1. The third-order valence-electron chi connectivity index (χ3n) is 5.18. The molecule has 1 saturated heterocycles. The molecule has 160 valence electrons. The van der Waals surface area contributed by atoms with E-state index in [0.717, 1.165) is 37.3 Å². The third kappa shape index (κ3) is 4.42. The average Bonchev–Trinajstić information content (AvgIpc) is 2.97. The fourth-order valence-corrected chi connectivity index (χ4v) is 4.36. The fraction of sp³-hybridized carbons (Fsp3) is 0.227. The molecule has 2 aromatic rings. The van der Waals surface area contributed by atoms with Crippen molar-refractivity contribution in [3.63, 3.8) is 0 Å². The third-order valence-corrected chi connectivity index (χ3v) is 5.96. The van der Waals surface area contributed by atoms with E-state index in [0.29, 0.717) is 11.3 Å². The van der Waals surface area contributed by atoms with Gasteiger partial charge in [0.15, 0.2) is 0 Å². The number of carbonyl (C=O) groups is 3. The van der Waals surface area contributed by atoms with Crippen molar-refractivity contribution in [1.29, 1.82) is 0 Å². The number of halogens is 3. The second kappa shape index (κ2) is 8.91. The van der Waals surface area contributed by atoms with E-state index in [1.807, 2.05) is 4.90 Å². The molecule has 0 atom stereocenters. The summed E-state index contributed by atoms with van der Waals surface area (Å²) in [6, 6.07) is 11.1. The Hall–Kier alpha value is -2.54. The largest absolute Gasteiger partial charge is 0.350 e. The minimum Gasteiger partial charge on any atom is -0.350 e. The lowest BCUT2D eigenvalue weighted by Crippen LogP contribution is -2.35. The molecular formula is C22H18Cl3N3O3. The molecule has 0 saturated carbocycles. The van der Waals surface area contributed by atoms with Crippen molar-refractivity contribution in [3.8, 4) is 0 Å². The summed E-state index contributed by atoms with van der Waals surface area (Å²) in [5.74, 6) is -1.31. The van der Waals surface area contributed by atoms with Crippen LogP contribution in [0, 0.1) is 0 Å². The van der Waals surface area contributed by atoms with Crippen LogP contribution in [-0.4, -0.2) is 35.7 Å². The first-order valence-corrected chi connectivity index (χ1v) is 10.9. The summed E-state index contributed by atoms with van der Waals surface area (Å²) in [5, 5.41) is 3.22. The Labute approximate surface area is 194 Å². The van der Waals surface area contributed by atoms with Crippen LogP contribution in [0.5, 0.6) is 0 Å². The van der Waals surface area contributed by atoms with Crippen molar-refractivity contribution in [2.45, 2.75) is 19.3 Å². The van der Waals surface area contributed by atoms with Crippen molar-refractivity contribution < 1.29 is 14.4 Å². The van der Waals surface area contributed by atoms with Crippen LogP contribution in [-0.2, 0) is 9.59 Å². The number of imide groups is 1. The van der Waals surface area contributed by atoms with Gasteiger partial charge in [-0.25, -0.2) is 4.90 Å². The summed E-state index contributed by atoms with van der Waals surface area (Å²) in [6.45, 7) is 1.53. The van der Waals surface area contributed by atoms with Crippen LogP contribution in [0.4, 0.5) is 11.4 Å². The summed E-state index contributed by atoms with van der Waals surface area (Å²) in [4.78, 5) is 40.9.